The normalized spacial score (nSPS) is 12.0. The van der Waals surface area contributed by atoms with Crippen LogP contribution in [-0.4, -0.2) is 18.8 Å². The van der Waals surface area contributed by atoms with Crippen molar-refractivity contribution >= 4 is 17.3 Å². The molecule has 0 amide bonds. The molecular weight excluding hydrogens is 318 g/mol. The summed E-state index contributed by atoms with van der Waals surface area (Å²) >= 11 is 5.92. The minimum atomic E-state index is -0.441. The molecule has 2 aromatic carbocycles. The molecule has 0 aliphatic heterocycles. The lowest BCUT2D eigenvalue weighted by Crippen LogP contribution is -2.04. The summed E-state index contributed by atoms with van der Waals surface area (Å²) < 4.78 is 10.1. The number of rotatable bonds is 7. The Hall–Kier alpha value is -2.11. The lowest BCUT2D eigenvalue weighted by Gasteiger charge is -2.17. The summed E-state index contributed by atoms with van der Waals surface area (Å²) in [5.74, 6) is 0.258. The highest BCUT2D eigenvalue weighted by molar-refractivity contribution is 6.30. The number of hydrogen-bond donors (Lipinski definition) is 0. The van der Waals surface area contributed by atoms with Crippen molar-refractivity contribution in [3.63, 3.8) is 0 Å². The molecule has 0 aliphatic carbocycles. The molecule has 0 aliphatic rings. The highest BCUT2D eigenvalue weighted by Gasteiger charge is 2.20. The molecule has 0 saturated heterocycles. The Morgan fingerprint density at radius 1 is 1.17 bits per heavy atom. The molecule has 0 heterocycles. The Labute approximate surface area is 139 Å². The van der Waals surface area contributed by atoms with E-state index in [1.165, 1.54) is 7.11 Å². The largest absolute Gasteiger partial charge is 0.460 e. The van der Waals surface area contributed by atoms with Gasteiger partial charge in [0.25, 0.3) is 0 Å². The van der Waals surface area contributed by atoms with E-state index in [1.807, 2.05) is 37.3 Å². The van der Waals surface area contributed by atoms with Gasteiger partial charge in [0.05, 0.1) is 4.92 Å². The van der Waals surface area contributed by atoms with Crippen LogP contribution in [0.5, 0.6) is 5.75 Å². The van der Waals surface area contributed by atoms with Crippen LogP contribution in [-0.2, 0) is 4.74 Å². The number of nitro benzene ring substituents is 1. The number of nitrogens with zero attached hydrogens (tertiary/aromatic N) is 1. The third kappa shape index (κ3) is 4.21. The van der Waals surface area contributed by atoms with Gasteiger partial charge in [0, 0.05) is 24.1 Å². The predicted molar refractivity (Wildman–Crippen MR) is 89.2 cm³/mol. The second-order valence-corrected chi connectivity index (χ2v) is 5.48. The second-order valence-electron chi connectivity index (χ2n) is 5.05. The van der Waals surface area contributed by atoms with Crippen LogP contribution in [0.3, 0.4) is 0 Å². The van der Waals surface area contributed by atoms with Crippen molar-refractivity contribution in [1.29, 1.82) is 0 Å². The van der Waals surface area contributed by atoms with Crippen LogP contribution in [0.2, 0.25) is 5.02 Å². The van der Waals surface area contributed by atoms with Gasteiger partial charge in [-0.1, -0.05) is 36.7 Å². The Balaban J connectivity index is 2.38. The van der Waals surface area contributed by atoms with Gasteiger partial charge >= 0.3 is 5.69 Å². The topological polar surface area (TPSA) is 61.6 Å². The molecule has 0 bridgehead atoms. The number of benzene rings is 2. The molecule has 1 atom stereocenters. The molecule has 2 rings (SSSR count). The van der Waals surface area contributed by atoms with E-state index in [-0.39, 0.29) is 24.1 Å². The molecule has 122 valence electrons. The molecule has 0 aromatic heterocycles. The Kier molecular flexibility index (Phi) is 5.96. The summed E-state index contributed by atoms with van der Waals surface area (Å²) in [6.45, 7) is 2.01. The smallest absolute Gasteiger partial charge is 0.311 e. The quantitative estimate of drug-likeness (QED) is 0.415. The van der Waals surface area contributed by atoms with Crippen LogP contribution in [0.15, 0.2) is 42.5 Å². The van der Waals surface area contributed by atoms with Gasteiger partial charge in [-0.15, -0.1) is 0 Å². The summed E-state index contributed by atoms with van der Waals surface area (Å²) in [6, 6.07) is 12.6. The minimum absolute atomic E-state index is 0.0332. The number of nitro groups is 1. The van der Waals surface area contributed by atoms with E-state index in [9.17, 15) is 10.1 Å². The van der Waals surface area contributed by atoms with E-state index in [4.69, 9.17) is 21.1 Å². The summed E-state index contributed by atoms with van der Waals surface area (Å²) in [5, 5.41) is 12.0. The summed E-state index contributed by atoms with van der Waals surface area (Å²) in [7, 11) is 1.47. The monoisotopic (exact) mass is 335 g/mol. The number of halogens is 1. The lowest BCUT2D eigenvalue weighted by atomic mass is 9.89. The molecule has 6 heteroatoms. The molecule has 0 fully saturated rings. The van der Waals surface area contributed by atoms with Gasteiger partial charge in [0.1, 0.15) is 0 Å². The van der Waals surface area contributed by atoms with Gasteiger partial charge in [-0.05, 0) is 35.7 Å². The minimum Gasteiger partial charge on any atom is -0.460 e. The first-order chi connectivity index (χ1) is 11.1. The Morgan fingerprint density at radius 2 is 1.83 bits per heavy atom. The van der Waals surface area contributed by atoms with E-state index >= 15 is 0 Å². The van der Waals surface area contributed by atoms with Crippen molar-refractivity contribution in [2.24, 2.45) is 0 Å². The maximum atomic E-state index is 11.3. The van der Waals surface area contributed by atoms with E-state index in [0.29, 0.717) is 5.02 Å². The fourth-order valence-electron chi connectivity index (χ4n) is 2.50. The van der Waals surface area contributed by atoms with Gasteiger partial charge < -0.3 is 9.47 Å². The van der Waals surface area contributed by atoms with Crippen molar-refractivity contribution in [3.05, 3.63) is 68.7 Å². The Bertz CT molecular complexity index is 673. The highest BCUT2D eigenvalue weighted by Crippen LogP contribution is 2.35. The average molecular weight is 336 g/mol. The average Bonchev–Trinajstić information content (AvgIpc) is 2.55. The van der Waals surface area contributed by atoms with Crippen molar-refractivity contribution in [3.8, 4) is 5.75 Å². The van der Waals surface area contributed by atoms with Crippen molar-refractivity contribution in [2.75, 3.05) is 13.9 Å². The van der Waals surface area contributed by atoms with Crippen LogP contribution in [0, 0.1) is 10.1 Å². The van der Waals surface area contributed by atoms with Crippen LogP contribution in [0.4, 0.5) is 5.69 Å². The summed E-state index contributed by atoms with van der Waals surface area (Å²) in [5.41, 5.74) is 1.87. The number of methoxy groups -OCH3 is 1. The van der Waals surface area contributed by atoms with Crippen LogP contribution in [0.1, 0.15) is 30.4 Å². The molecule has 23 heavy (non-hydrogen) atoms. The van der Waals surface area contributed by atoms with Gasteiger partial charge in [0.2, 0.25) is 0 Å². The molecule has 0 saturated carbocycles. The zero-order valence-electron chi connectivity index (χ0n) is 13.0. The standard InChI is InChI=1S/C17H18ClNO4/c1-3-15(12-4-7-14(18)8-5-12)13-6-9-17(23-11-22-2)16(10-13)19(20)21/h4-10,15H,3,11H2,1-2H3. The van der Waals surface area contributed by atoms with Crippen molar-refractivity contribution in [2.45, 2.75) is 19.3 Å². The first kappa shape index (κ1) is 17.2. The molecule has 0 N–H and O–H groups in total. The molecule has 0 spiro atoms. The molecule has 1 unspecified atom stereocenters. The van der Waals surface area contributed by atoms with Crippen molar-refractivity contribution < 1.29 is 14.4 Å². The molecular formula is C17H18ClNO4. The molecule has 0 radical (unpaired) electrons. The zero-order valence-corrected chi connectivity index (χ0v) is 13.7. The maximum Gasteiger partial charge on any atom is 0.311 e. The molecule has 2 aromatic rings. The van der Waals surface area contributed by atoms with E-state index in [2.05, 4.69) is 0 Å². The van der Waals surface area contributed by atoms with E-state index < -0.39 is 4.92 Å². The number of hydrogen-bond acceptors (Lipinski definition) is 4. The fourth-order valence-corrected chi connectivity index (χ4v) is 2.62. The SMILES string of the molecule is CCC(c1ccc(Cl)cc1)c1ccc(OCOC)c([N+](=O)[O-])c1. The summed E-state index contributed by atoms with van der Waals surface area (Å²) in [4.78, 5) is 10.9. The fraction of sp³-hybridized carbons (Fsp3) is 0.294. The third-order valence-corrected chi connectivity index (χ3v) is 3.85. The van der Waals surface area contributed by atoms with Crippen LogP contribution < -0.4 is 4.74 Å². The van der Waals surface area contributed by atoms with Crippen LogP contribution >= 0.6 is 11.6 Å². The highest BCUT2D eigenvalue weighted by atomic mass is 35.5. The third-order valence-electron chi connectivity index (χ3n) is 3.59. The lowest BCUT2D eigenvalue weighted by molar-refractivity contribution is -0.386. The molecule has 5 nitrogen and oxygen atoms in total. The maximum absolute atomic E-state index is 11.3. The van der Waals surface area contributed by atoms with Gasteiger partial charge in [-0.25, -0.2) is 0 Å². The zero-order chi connectivity index (χ0) is 16.8. The van der Waals surface area contributed by atoms with Gasteiger partial charge in [-0.3, -0.25) is 10.1 Å². The van der Waals surface area contributed by atoms with Gasteiger partial charge in [-0.2, -0.15) is 0 Å². The number of ether oxygens (including phenoxy) is 2. The van der Waals surface area contributed by atoms with Gasteiger partial charge in [0.15, 0.2) is 12.5 Å². The van der Waals surface area contributed by atoms with E-state index in [0.717, 1.165) is 17.5 Å². The first-order valence-electron chi connectivity index (χ1n) is 7.22. The first-order valence-corrected chi connectivity index (χ1v) is 7.60. The Morgan fingerprint density at radius 3 is 2.39 bits per heavy atom. The van der Waals surface area contributed by atoms with Crippen molar-refractivity contribution in [1.82, 2.24) is 0 Å². The second kappa shape index (κ2) is 7.94. The van der Waals surface area contributed by atoms with Crippen LogP contribution in [0.25, 0.3) is 0 Å². The summed E-state index contributed by atoms with van der Waals surface area (Å²) in [6.07, 6.45) is 0.817. The predicted octanol–water partition coefficient (Wildman–Crippen LogP) is 4.77. The van der Waals surface area contributed by atoms with E-state index in [1.54, 1.807) is 12.1 Å².